The molecule has 0 bridgehead atoms. The van der Waals surface area contributed by atoms with Crippen LogP contribution in [0.3, 0.4) is 0 Å². The molecule has 3 aromatic heterocycles. The number of hydrogen-bond donors (Lipinski definition) is 3. The van der Waals surface area contributed by atoms with Crippen LogP contribution in [-0.2, 0) is 27.7 Å². The normalized spacial score (nSPS) is 14.5. The fourth-order valence-corrected chi connectivity index (χ4v) is 5.78. The predicted octanol–water partition coefficient (Wildman–Crippen LogP) is 1.30. The number of methoxy groups -OCH3 is 1. The Morgan fingerprint density at radius 1 is 1.07 bits per heavy atom. The first-order valence-corrected chi connectivity index (χ1v) is 15.1. The molecule has 4 rings (SSSR count). The number of rotatable bonds is 13. The van der Waals surface area contributed by atoms with Crippen molar-refractivity contribution in [2.45, 2.75) is 31.7 Å². The maximum Gasteiger partial charge on any atom is 0.271 e. The van der Waals surface area contributed by atoms with Gasteiger partial charge >= 0.3 is 0 Å². The van der Waals surface area contributed by atoms with Gasteiger partial charge in [-0.05, 0) is 31.2 Å². The Kier molecular flexibility index (Phi) is 10.6. The van der Waals surface area contributed by atoms with Gasteiger partial charge in [0.1, 0.15) is 22.8 Å². The lowest BCUT2D eigenvalue weighted by Gasteiger charge is -2.33. The molecule has 14 nitrogen and oxygen atoms in total. The number of piperazine rings is 1. The fourth-order valence-electron chi connectivity index (χ4n) is 4.39. The summed E-state index contributed by atoms with van der Waals surface area (Å²) < 4.78 is 39.0. The average Bonchev–Trinajstić information content (AvgIpc) is 3.43. The second-order valence-corrected chi connectivity index (χ2v) is 11.4. The molecule has 0 aromatic carbocycles. The molecule has 0 saturated carbocycles. The van der Waals surface area contributed by atoms with Crippen molar-refractivity contribution < 1.29 is 27.5 Å². The number of likely N-dealkylation sites (N-methyl/N-ethyl adjacent to an activating group) is 1. The number of anilines is 1. The molecule has 0 spiro atoms. The van der Waals surface area contributed by atoms with Crippen molar-refractivity contribution >= 4 is 27.5 Å². The number of carbonyl (C=O) groups is 2. The van der Waals surface area contributed by atoms with Crippen molar-refractivity contribution in [3.63, 3.8) is 0 Å². The minimum Gasteiger partial charge on any atom is -0.475 e. The summed E-state index contributed by atoms with van der Waals surface area (Å²) in [4.78, 5) is 37.1. The molecule has 0 atom stereocenters. The van der Waals surface area contributed by atoms with E-state index in [-0.39, 0.29) is 47.5 Å². The molecule has 0 unspecified atom stereocenters. The van der Waals surface area contributed by atoms with Crippen LogP contribution in [0.1, 0.15) is 46.1 Å². The number of nitrogens with one attached hydrogen (secondary N) is 3. The third kappa shape index (κ3) is 7.28. The second kappa shape index (κ2) is 14.3. The van der Waals surface area contributed by atoms with Crippen molar-refractivity contribution in [3.05, 3.63) is 59.3 Å². The monoisotopic (exact) mass is 600 g/mol. The van der Waals surface area contributed by atoms with E-state index in [2.05, 4.69) is 35.7 Å². The lowest BCUT2D eigenvalue weighted by Crippen LogP contribution is -2.48. The molecule has 226 valence electrons. The van der Waals surface area contributed by atoms with Crippen LogP contribution in [0.2, 0.25) is 0 Å². The quantitative estimate of drug-likeness (QED) is 0.243. The molecular weight excluding hydrogens is 564 g/mol. The van der Waals surface area contributed by atoms with E-state index in [0.717, 1.165) is 6.54 Å². The first-order chi connectivity index (χ1) is 20.3. The number of aryl methyl sites for hydroxylation is 1. The summed E-state index contributed by atoms with van der Waals surface area (Å²) in [5.74, 6) is -1.28. The smallest absolute Gasteiger partial charge is 0.271 e. The van der Waals surface area contributed by atoms with Crippen LogP contribution in [0, 0.1) is 0 Å². The highest BCUT2D eigenvalue weighted by molar-refractivity contribution is 7.89. The zero-order valence-corrected chi connectivity index (χ0v) is 24.7. The number of nitrogens with zero attached hydrogens (tertiary/aromatic N) is 5. The van der Waals surface area contributed by atoms with Crippen LogP contribution in [0.25, 0.3) is 0 Å². The first-order valence-electron chi connectivity index (χ1n) is 13.7. The van der Waals surface area contributed by atoms with Gasteiger partial charge in [-0.2, -0.15) is 9.40 Å². The van der Waals surface area contributed by atoms with Gasteiger partial charge in [0.05, 0.1) is 36.4 Å². The Morgan fingerprint density at radius 3 is 2.52 bits per heavy atom. The van der Waals surface area contributed by atoms with Gasteiger partial charge in [0.2, 0.25) is 15.9 Å². The van der Waals surface area contributed by atoms with Gasteiger partial charge in [-0.25, -0.2) is 13.4 Å². The largest absolute Gasteiger partial charge is 0.475 e. The summed E-state index contributed by atoms with van der Waals surface area (Å²) in [5.41, 5.74) is 1.21. The number of aromatic nitrogens is 4. The molecule has 0 aliphatic carbocycles. The Labute approximate surface area is 244 Å². The predicted molar refractivity (Wildman–Crippen MR) is 154 cm³/mol. The van der Waals surface area contributed by atoms with Gasteiger partial charge in [-0.3, -0.25) is 19.7 Å². The fraction of sp³-hybridized carbons (Fsp3) is 0.444. The van der Waals surface area contributed by atoms with E-state index in [1.54, 1.807) is 18.3 Å². The van der Waals surface area contributed by atoms with Crippen molar-refractivity contribution in [1.29, 1.82) is 0 Å². The number of carbonyl (C=O) groups excluding carboxylic acids is 2. The first kappa shape index (κ1) is 31.0. The van der Waals surface area contributed by atoms with Gasteiger partial charge < -0.3 is 25.0 Å². The summed E-state index contributed by atoms with van der Waals surface area (Å²) >= 11 is 0. The third-order valence-corrected chi connectivity index (χ3v) is 8.68. The van der Waals surface area contributed by atoms with Crippen LogP contribution in [0.15, 0.2) is 41.6 Å². The zero-order chi connectivity index (χ0) is 30.1. The Balaban J connectivity index is 1.60. The van der Waals surface area contributed by atoms with Crippen molar-refractivity contribution in [3.8, 4) is 5.88 Å². The highest BCUT2D eigenvalue weighted by Crippen LogP contribution is 2.26. The van der Waals surface area contributed by atoms with Crippen LogP contribution >= 0.6 is 0 Å². The van der Waals surface area contributed by atoms with E-state index in [0.29, 0.717) is 44.0 Å². The SMILES string of the molecule is CCc1n[nH]c(C(=O)NCc2ccccn2)c1NC(=O)c1cc(S(=O)(=O)N2CCN(CC)CC2)cnc1OCCOC. The second-order valence-electron chi connectivity index (χ2n) is 9.44. The average molecular weight is 601 g/mol. The Bertz CT molecular complexity index is 1470. The molecule has 0 radical (unpaired) electrons. The number of aromatic amines is 1. The maximum absolute atomic E-state index is 13.7. The van der Waals surface area contributed by atoms with Gasteiger partial charge in [-0.1, -0.05) is 19.9 Å². The molecule has 3 aromatic rings. The van der Waals surface area contributed by atoms with E-state index >= 15 is 0 Å². The third-order valence-electron chi connectivity index (χ3n) is 6.81. The summed E-state index contributed by atoms with van der Waals surface area (Å²) in [6.07, 6.45) is 3.22. The molecule has 1 saturated heterocycles. The summed E-state index contributed by atoms with van der Waals surface area (Å²) in [5, 5.41) is 12.4. The van der Waals surface area contributed by atoms with Gasteiger partial charge in [0, 0.05) is 39.5 Å². The molecule has 2 amide bonds. The molecular formula is C27H36N8O6S. The van der Waals surface area contributed by atoms with E-state index in [4.69, 9.17) is 9.47 Å². The molecule has 1 fully saturated rings. The summed E-state index contributed by atoms with van der Waals surface area (Å²) in [6, 6.07) is 6.61. The minimum absolute atomic E-state index is 0.0449. The zero-order valence-electron chi connectivity index (χ0n) is 23.9. The number of hydrogen-bond acceptors (Lipinski definition) is 10. The number of ether oxygens (including phenoxy) is 2. The Morgan fingerprint density at radius 2 is 1.86 bits per heavy atom. The van der Waals surface area contributed by atoms with Gasteiger partial charge in [-0.15, -0.1) is 0 Å². The number of pyridine rings is 2. The Hall–Kier alpha value is -3.92. The maximum atomic E-state index is 13.7. The summed E-state index contributed by atoms with van der Waals surface area (Å²) in [7, 11) is -2.42. The molecule has 42 heavy (non-hydrogen) atoms. The highest BCUT2D eigenvalue weighted by Gasteiger charge is 2.31. The standard InChI is InChI=1S/C27H36N8O6S/c1-4-22-23(24(33-32-22)26(37)29-17-19-8-6-7-9-28-19)31-25(36)21-16-20(18-30-27(21)41-15-14-40-3)42(38,39)35-12-10-34(5-2)11-13-35/h6-9,16,18H,4-5,10-15,17H2,1-3H3,(H,29,37)(H,31,36)(H,32,33). The van der Waals surface area contributed by atoms with Crippen LogP contribution in [0.5, 0.6) is 5.88 Å². The van der Waals surface area contributed by atoms with Gasteiger partial charge in [0.25, 0.3) is 11.8 Å². The number of sulfonamides is 1. The topological polar surface area (TPSA) is 172 Å². The van der Waals surface area contributed by atoms with E-state index < -0.39 is 21.8 Å². The lowest BCUT2D eigenvalue weighted by atomic mass is 10.2. The van der Waals surface area contributed by atoms with Crippen LogP contribution < -0.4 is 15.4 Å². The summed E-state index contributed by atoms with van der Waals surface area (Å²) in [6.45, 7) is 7.06. The number of amides is 2. The number of H-pyrrole nitrogens is 1. The van der Waals surface area contributed by atoms with E-state index in [9.17, 15) is 18.0 Å². The van der Waals surface area contributed by atoms with Crippen molar-refractivity contribution in [2.24, 2.45) is 0 Å². The van der Waals surface area contributed by atoms with E-state index in [1.165, 1.54) is 23.7 Å². The lowest BCUT2D eigenvalue weighted by molar-refractivity contribution is 0.0946. The molecule has 1 aliphatic heterocycles. The molecule has 1 aliphatic rings. The minimum atomic E-state index is -3.93. The van der Waals surface area contributed by atoms with Gasteiger partial charge in [0.15, 0.2) is 0 Å². The van der Waals surface area contributed by atoms with Crippen LogP contribution in [-0.4, -0.2) is 103 Å². The van der Waals surface area contributed by atoms with E-state index in [1.807, 2.05) is 19.9 Å². The molecule has 15 heteroatoms. The molecule has 3 N–H and O–H groups in total. The van der Waals surface area contributed by atoms with Crippen LogP contribution in [0.4, 0.5) is 5.69 Å². The molecule has 4 heterocycles. The van der Waals surface area contributed by atoms with Crippen molar-refractivity contribution in [1.82, 2.24) is 34.7 Å². The van der Waals surface area contributed by atoms with Crippen molar-refractivity contribution in [2.75, 3.05) is 58.4 Å². The highest BCUT2D eigenvalue weighted by atomic mass is 32.2.